The molecule has 2 aromatic rings. The van der Waals surface area contributed by atoms with E-state index >= 15 is 0 Å². The summed E-state index contributed by atoms with van der Waals surface area (Å²) in [6, 6.07) is 6.47. The van der Waals surface area contributed by atoms with Gasteiger partial charge in [-0.1, -0.05) is 32.8 Å². The summed E-state index contributed by atoms with van der Waals surface area (Å²) >= 11 is 0. The van der Waals surface area contributed by atoms with Crippen LogP contribution in [0.25, 0.3) is 5.65 Å². The Hall–Kier alpha value is -2.19. The lowest BCUT2D eigenvalue weighted by atomic mass is 9.92. The molecule has 0 aliphatic carbocycles. The van der Waals surface area contributed by atoms with Gasteiger partial charge in [0.1, 0.15) is 5.82 Å². The van der Waals surface area contributed by atoms with Gasteiger partial charge in [-0.15, -0.1) is 10.2 Å². The standard InChI is InChI=1S/C22H37N7O/c1-4-18(5-2)19(28-13-15-30-16-14-28)17-25-22(23-3)24-11-8-10-21-27-26-20-9-6-7-12-29(20)21/h6-7,9,12,18-19H,4-5,8,10-11,13-17H2,1-3H3,(H2,23,24,25). The van der Waals surface area contributed by atoms with E-state index in [4.69, 9.17) is 4.74 Å². The Morgan fingerprint density at radius 2 is 1.97 bits per heavy atom. The van der Waals surface area contributed by atoms with Gasteiger partial charge in [0, 0.05) is 51.9 Å². The highest BCUT2D eigenvalue weighted by Gasteiger charge is 2.26. The molecular weight excluding hydrogens is 378 g/mol. The van der Waals surface area contributed by atoms with Crippen LogP contribution in [0.4, 0.5) is 0 Å². The van der Waals surface area contributed by atoms with Crippen LogP contribution in [0.1, 0.15) is 38.9 Å². The van der Waals surface area contributed by atoms with Crippen LogP contribution in [-0.4, -0.2) is 77.9 Å². The van der Waals surface area contributed by atoms with Gasteiger partial charge in [0.25, 0.3) is 0 Å². The third-order valence-corrected chi connectivity index (χ3v) is 6.06. The molecule has 0 aromatic carbocycles. The molecule has 1 fully saturated rings. The second-order valence-electron chi connectivity index (χ2n) is 7.82. The predicted octanol–water partition coefficient (Wildman–Crippen LogP) is 1.96. The summed E-state index contributed by atoms with van der Waals surface area (Å²) in [5.41, 5.74) is 0.897. The van der Waals surface area contributed by atoms with Gasteiger partial charge in [-0.2, -0.15) is 0 Å². The first kappa shape index (κ1) is 22.5. The minimum absolute atomic E-state index is 0.504. The molecule has 166 valence electrons. The fourth-order valence-corrected chi connectivity index (χ4v) is 4.27. The zero-order valence-corrected chi connectivity index (χ0v) is 18.7. The van der Waals surface area contributed by atoms with Gasteiger partial charge in [-0.3, -0.25) is 14.3 Å². The van der Waals surface area contributed by atoms with Gasteiger partial charge in [0.2, 0.25) is 0 Å². The first-order valence-corrected chi connectivity index (χ1v) is 11.3. The molecule has 1 aliphatic rings. The molecule has 2 aromatic heterocycles. The number of ether oxygens (including phenoxy) is 1. The van der Waals surface area contributed by atoms with Crippen molar-refractivity contribution in [2.45, 2.75) is 45.6 Å². The topological polar surface area (TPSA) is 79.1 Å². The van der Waals surface area contributed by atoms with Gasteiger partial charge in [-0.05, 0) is 24.5 Å². The fraction of sp³-hybridized carbons (Fsp3) is 0.682. The Labute approximate surface area is 180 Å². The van der Waals surface area contributed by atoms with Gasteiger partial charge in [-0.25, -0.2) is 0 Å². The van der Waals surface area contributed by atoms with E-state index in [1.807, 2.05) is 31.4 Å². The summed E-state index contributed by atoms with van der Waals surface area (Å²) in [5, 5.41) is 15.5. The summed E-state index contributed by atoms with van der Waals surface area (Å²) in [7, 11) is 1.84. The predicted molar refractivity (Wildman–Crippen MR) is 121 cm³/mol. The van der Waals surface area contributed by atoms with E-state index in [0.717, 1.165) is 69.7 Å². The molecule has 0 saturated carbocycles. The first-order valence-electron chi connectivity index (χ1n) is 11.3. The Kier molecular flexibility index (Phi) is 8.89. The van der Waals surface area contributed by atoms with E-state index in [9.17, 15) is 0 Å². The number of aromatic nitrogens is 3. The number of rotatable bonds is 10. The average molecular weight is 416 g/mol. The molecule has 2 N–H and O–H groups in total. The number of nitrogens with zero attached hydrogens (tertiary/aromatic N) is 5. The van der Waals surface area contributed by atoms with Gasteiger partial charge >= 0.3 is 0 Å². The molecule has 3 heterocycles. The molecule has 0 amide bonds. The van der Waals surface area contributed by atoms with E-state index in [1.54, 1.807) is 0 Å². The van der Waals surface area contributed by atoms with Crippen molar-refractivity contribution in [3.8, 4) is 0 Å². The smallest absolute Gasteiger partial charge is 0.191 e. The maximum absolute atomic E-state index is 5.56. The van der Waals surface area contributed by atoms with E-state index in [0.29, 0.717) is 12.0 Å². The van der Waals surface area contributed by atoms with Crippen molar-refractivity contribution >= 4 is 11.6 Å². The molecule has 0 radical (unpaired) electrons. The quantitative estimate of drug-likeness (QED) is 0.351. The SMILES string of the molecule is CCC(CC)C(CNC(=NC)NCCCc1nnc2ccccn12)N1CCOCC1. The van der Waals surface area contributed by atoms with Crippen LogP contribution in [0.5, 0.6) is 0 Å². The van der Waals surface area contributed by atoms with Crippen LogP contribution in [0.15, 0.2) is 29.4 Å². The van der Waals surface area contributed by atoms with Crippen LogP contribution in [0.2, 0.25) is 0 Å². The number of hydrogen-bond donors (Lipinski definition) is 2. The average Bonchev–Trinajstić information content (AvgIpc) is 3.21. The summed E-state index contributed by atoms with van der Waals surface area (Å²) in [6.45, 7) is 10.0. The molecular formula is C22H37N7O. The van der Waals surface area contributed by atoms with Crippen LogP contribution < -0.4 is 10.6 Å². The second kappa shape index (κ2) is 11.9. The first-order chi connectivity index (χ1) is 14.8. The number of pyridine rings is 1. The molecule has 8 heteroatoms. The van der Waals surface area contributed by atoms with E-state index in [2.05, 4.69) is 49.0 Å². The van der Waals surface area contributed by atoms with Crippen molar-refractivity contribution < 1.29 is 4.74 Å². The van der Waals surface area contributed by atoms with Crippen LogP contribution in [0, 0.1) is 5.92 Å². The number of aliphatic imine (C=N–C) groups is 1. The van der Waals surface area contributed by atoms with Crippen molar-refractivity contribution in [1.29, 1.82) is 0 Å². The number of aryl methyl sites for hydroxylation is 1. The van der Waals surface area contributed by atoms with Gasteiger partial charge < -0.3 is 15.4 Å². The van der Waals surface area contributed by atoms with Crippen LogP contribution in [-0.2, 0) is 11.2 Å². The summed E-state index contributed by atoms with van der Waals surface area (Å²) in [4.78, 5) is 7.00. The Morgan fingerprint density at radius 1 is 1.17 bits per heavy atom. The van der Waals surface area contributed by atoms with Gasteiger partial charge in [0.15, 0.2) is 11.6 Å². The number of hydrogen-bond acceptors (Lipinski definition) is 5. The lowest BCUT2D eigenvalue weighted by Crippen LogP contribution is -2.53. The van der Waals surface area contributed by atoms with Crippen molar-refractivity contribution in [3.63, 3.8) is 0 Å². The molecule has 30 heavy (non-hydrogen) atoms. The molecule has 1 atom stereocenters. The maximum Gasteiger partial charge on any atom is 0.191 e. The fourth-order valence-electron chi connectivity index (χ4n) is 4.27. The van der Waals surface area contributed by atoms with Crippen molar-refractivity contribution in [2.24, 2.45) is 10.9 Å². The number of fused-ring (bicyclic) bond motifs is 1. The van der Waals surface area contributed by atoms with Crippen molar-refractivity contribution in [3.05, 3.63) is 30.2 Å². The highest BCUT2D eigenvalue weighted by molar-refractivity contribution is 5.79. The maximum atomic E-state index is 5.56. The molecule has 3 rings (SSSR count). The monoisotopic (exact) mass is 415 g/mol. The second-order valence-corrected chi connectivity index (χ2v) is 7.82. The van der Waals surface area contributed by atoms with E-state index in [-0.39, 0.29) is 0 Å². The van der Waals surface area contributed by atoms with Crippen molar-refractivity contribution in [2.75, 3.05) is 46.4 Å². The normalized spacial score (nSPS) is 16.9. The van der Waals surface area contributed by atoms with Crippen LogP contribution in [0.3, 0.4) is 0 Å². The molecule has 8 nitrogen and oxygen atoms in total. The Balaban J connectivity index is 1.46. The minimum atomic E-state index is 0.504. The summed E-state index contributed by atoms with van der Waals surface area (Å²) < 4.78 is 7.61. The summed E-state index contributed by atoms with van der Waals surface area (Å²) in [6.07, 6.45) is 6.24. The number of morpholine rings is 1. The largest absolute Gasteiger partial charge is 0.379 e. The Bertz CT molecular complexity index is 781. The number of guanidine groups is 1. The zero-order valence-electron chi connectivity index (χ0n) is 18.7. The Morgan fingerprint density at radius 3 is 2.70 bits per heavy atom. The van der Waals surface area contributed by atoms with Crippen LogP contribution >= 0.6 is 0 Å². The lowest BCUT2D eigenvalue weighted by Gasteiger charge is -2.39. The molecule has 1 unspecified atom stereocenters. The lowest BCUT2D eigenvalue weighted by molar-refractivity contribution is 0.00272. The van der Waals surface area contributed by atoms with E-state index < -0.39 is 0 Å². The zero-order chi connectivity index (χ0) is 21.2. The third-order valence-electron chi connectivity index (χ3n) is 6.06. The van der Waals surface area contributed by atoms with Gasteiger partial charge in [0.05, 0.1) is 13.2 Å². The minimum Gasteiger partial charge on any atom is -0.379 e. The molecule has 1 aliphatic heterocycles. The summed E-state index contributed by atoms with van der Waals surface area (Å²) in [5.74, 6) is 2.54. The highest BCUT2D eigenvalue weighted by Crippen LogP contribution is 2.19. The third kappa shape index (κ3) is 5.92. The highest BCUT2D eigenvalue weighted by atomic mass is 16.5. The molecule has 0 spiro atoms. The number of nitrogens with one attached hydrogen (secondary N) is 2. The van der Waals surface area contributed by atoms with E-state index in [1.165, 1.54) is 12.8 Å². The molecule has 0 bridgehead atoms. The van der Waals surface area contributed by atoms with Crippen molar-refractivity contribution in [1.82, 2.24) is 30.1 Å². The molecule has 1 saturated heterocycles.